The lowest BCUT2D eigenvalue weighted by molar-refractivity contribution is -0.147. The zero-order valence-corrected chi connectivity index (χ0v) is 26.4. The lowest BCUT2D eigenvalue weighted by atomic mass is 10.1. The topological polar surface area (TPSA) is 177 Å². The van der Waals surface area contributed by atoms with Crippen LogP contribution in [-0.4, -0.2) is 123 Å². The Balaban J connectivity index is 4.79. The molecular formula is C26H45N3O12Si. The van der Waals surface area contributed by atoms with Crippen LogP contribution in [0, 0.1) is 5.92 Å². The number of hydrogen-bond donors (Lipinski definition) is 2. The van der Waals surface area contributed by atoms with Crippen molar-refractivity contribution in [1.29, 1.82) is 0 Å². The maximum atomic E-state index is 12.6. The Labute approximate surface area is 248 Å². The summed E-state index contributed by atoms with van der Waals surface area (Å²) in [7, 11) is 0.367. The standard InChI is InChI=1S/C26H45N3O12Si/c1-19(2)22(30)37-13-9-27-25(33)39-15-11-29(17-21(5)24(32)41-18-42(8,35-6)36-7)12-16-40-26(34)28-10-14-38-23(31)20(3)4/h21H,1,3,9-18H2,2,4-8H3,(H,27,33)(H,28,34). The van der Waals surface area contributed by atoms with Gasteiger partial charge in [-0.1, -0.05) is 20.1 Å². The average Bonchev–Trinajstić information content (AvgIpc) is 2.95. The van der Waals surface area contributed by atoms with E-state index >= 15 is 0 Å². The summed E-state index contributed by atoms with van der Waals surface area (Å²) in [5.41, 5.74) is 0.490. The highest BCUT2D eigenvalue weighted by Gasteiger charge is 2.32. The third-order valence-electron chi connectivity index (χ3n) is 5.46. The van der Waals surface area contributed by atoms with Gasteiger partial charge in [0, 0.05) is 45.0 Å². The van der Waals surface area contributed by atoms with Crippen LogP contribution in [0.3, 0.4) is 0 Å². The lowest BCUT2D eigenvalue weighted by Crippen LogP contribution is -2.44. The maximum absolute atomic E-state index is 12.6. The number of alkyl carbamates (subject to hydrolysis) is 2. The normalized spacial score (nSPS) is 11.6. The van der Waals surface area contributed by atoms with Gasteiger partial charge < -0.3 is 43.2 Å². The minimum absolute atomic E-state index is 0.0130. The first kappa shape index (κ1) is 38.5. The van der Waals surface area contributed by atoms with Gasteiger partial charge in [-0.2, -0.15) is 0 Å². The number of nitrogens with zero attached hydrogens (tertiary/aromatic N) is 1. The van der Waals surface area contributed by atoms with Gasteiger partial charge in [-0.25, -0.2) is 19.2 Å². The minimum Gasteiger partial charge on any atom is -0.464 e. The highest BCUT2D eigenvalue weighted by molar-refractivity contribution is 6.66. The molecular weight excluding hydrogens is 574 g/mol. The van der Waals surface area contributed by atoms with Crippen LogP contribution in [0.1, 0.15) is 20.8 Å². The first-order valence-electron chi connectivity index (χ1n) is 13.2. The van der Waals surface area contributed by atoms with E-state index < -0.39 is 44.6 Å². The monoisotopic (exact) mass is 619 g/mol. The molecule has 0 aromatic heterocycles. The molecule has 0 fully saturated rings. The molecule has 0 saturated heterocycles. The third kappa shape index (κ3) is 18.1. The second kappa shape index (κ2) is 21.3. The van der Waals surface area contributed by atoms with Crippen molar-refractivity contribution < 1.29 is 56.5 Å². The molecule has 0 aromatic carbocycles. The van der Waals surface area contributed by atoms with Gasteiger partial charge in [-0.15, -0.1) is 0 Å². The molecule has 1 unspecified atom stereocenters. The first-order valence-corrected chi connectivity index (χ1v) is 15.7. The average molecular weight is 620 g/mol. The van der Waals surface area contributed by atoms with Crippen LogP contribution < -0.4 is 10.6 Å². The Morgan fingerprint density at radius 1 is 0.738 bits per heavy atom. The number of hydrogen-bond acceptors (Lipinski definition) is 13. The zero-order chi connectivity index (χ0) is 32.1. The van der Waals surface area contributed by atoms with E-state index in [0.29, 0.717) is 0 Å². The molecule has 0 bridgehead atoms. The third-order valence-corrected chi connectivity index (χ3v) is 7.86. The molecule has 0 aliphatic heterocycles. The predicted molar refractivity (Wildman–Crippen MR) is 152 cm³/mol. The Bertz CT molecular complexity index is 874. The Morgan fingerprint density at radius 3 is 1.55 bits per heavy atom. The van der Waals surface area contributed by atoms with Crippen LogP contribution in [0.5, 0.6) is 0 Å². The zero-order valence-electron chi connectivity index (χ0n) is 25.4. The molecule has 0 aromatic rings. The molecule has 0 rings (SSSR count). The summed E-state index contributed by atoms with van der Waals surface area (Å²) < 4.78 is 36.1. The van der Waals surface area contributed by atoms with Gasteiger partial charge in [0.15, 0.2) is 0 Å². The molecule has 0 heterocycles. The smallest absolute Gasteiger partial charge is 0.407 e. The Kier molecular flexibility index (Phi) is 19.5. The molecule has 0 aliphatic carbocycles. The van der Waals surface area contributed by atoms with E-state index in [1.165, 1.54) is 28.1 Å². The first-order chi connectivity index (χ1) is 19.7. The summed E-state index contributed by atoms with van der Waals surface area (Å²) >= 11 is 0. The summed E-state index contributed by atoms with van der Waals surface area (Å²) in [6.45, 7) is 13.9. The highest BCUT2D eigenvalue weighted by atomic mass is 28.4. The molecule has 2 amide bonds. The van der Waals surface area contributed by atoms with Crippen molar-refractivity contribution in [3.63, 3.8) is 0 Å². The summed E-state index contributed by atoms with van der Waals surface area (Å²) in [6.07, 6.45) is -1.43. The van der Waals surface area contributed by atoms with Crippen molar-refractivity contribution in [3.05, 3.63) is 24.3 Å². The SMILES string of the molecule is C=C(C)C(=O)OCCNC(=O)OCCN(CCOC(=O)NCCOC(=O)C(=C)C)CC(C)C(=O)OC[Si](C)(OC)OC. The maximum Gasteiger partial charge on any atom is 0.407 e. The summed E-state index contributed by atoms with van der Waals surface area (Å²) in [6, 6.07) is 0. The number of carbonyl (C=O) groups excluding carboxylic acids is 5. The largest absolute Gasteiger partial charge is 0.464 e. The van der Waals surface area contributed by atoms with Crippen molar-refractivity contribution in [2.45, 2.75) is 27.3 Å². The minimum atomic E-state index is -2.61. The summed E-state index contributed by atoms with van der Waals surface area (Å²) in [5, 5.41) is 4.91. The van der Waals surface area contributed by atoms with Crippen LogP contribution in [0.15, 0.2) is 24.3 Å². The fraction of sp³-hybridized carbons (Fsp3) is 0.654. The molecule has 0 aliphatic rings. The van der Waals surface area contributed by atoms with Gasteiger partial charge in [-0.05, 0) is 20.4 Å². The molecule has 2 N–H and O–H groups in total. The number of nitrogens with one attached hydrogen (secondary N) is 2. The second-order valence-electron chi connectivity index (χ2n) is 9.31. The molecule has 0 radical (unpaired) electrons. The van der Waals surface area contributed by atoms with Gasteiger partial charge in [-0.3, -0.25) is 9.69 Å². The highest BCUT2D eigenvalue weighted by Crippen LogP contribution is 2.09. The summed E-state index contributed by atoms with van der Waals surface area (Å²) in [5.74, 6) is -2.18. The van der Waals surface area contributed by atoms with E-state index in [1.54, 1.807) is 18.4 Å². The predicted octanol–water partition coefficient (Wildman–Crippen LogP) is 1.06. The Morgan fingerprint density at radius 2 is 1.17 bits per heavy atom. The van der Waals surface area contributed by atoms with E-state index in [9.17, 15) is 24.0 Å². The fourth-order valence-electron chi connectivity index (χ4n) is 2.78. The van der Waals surface area contributed by atoms with Crippen molar-refractivity contribution in [1.82, 2.24) is 15.5 Å². The van der Waals surface area contributed by atoms with E-state index in [4.69, 9.17) is 32.5 Å². The van der Waals surface area contributed by atoms with Gasteiger partial charge >= 0.3 is 38.7 Å². The lowest BCUT2D eigenvalue weighted by Gasteiger charge is -2.26. The molecule has 0 saturated carbocycles. The number of carbonyl (C=O) groups is 5. The van der Waals surface area contributed by atoms with Crippen molar-refractivity contribution >= 4 is 38.7 Å². The second-order valence-corrected chi connectivity index (χ2v) is 12.7. The van der Waals surface area contributed by atoms with Crippen LogP contribution in [0.25, 0.3) is 0 Å². The van der Waals surface area contributed by atoms with Gasteiger partial charge in [0.05, 0.1) is 19.0 Å². The number of rotatable bonds is 21. The number of esters is 3. The van der Waals surface area contributed by atoms with E-state index in [2.05, 4.69) is 23.8 Å². The molecule has 15 nitrogen and oxygen atoms in total. The van der Waals surface area contributed by atoms with Gasteiger partial charge in [0.25, 0.3) is 0 Å². The fourth-order valence-corrected chi connectivity index (χ4v) is 3.59. The summed E-state index contributed by atoms with van der Waals surface area (Å²) in [4.78, 5) is 61.0. The van der Waals surface area contributed by atoms with Crippen molar-refractivity contribution in [2.24, 2.45) is 5.92 Å². The van der Waals surface area contributed by atoms with Crippen LogP contribution >= 0.6 is 0 Å². The number of ether oxygens (including phenoxy) is 5. The van der Waals surface area contributed by atoms with Crippen LogP contribution in [0.4, 0.5) is 9.59 Å². The van der Waals surface area contributed by atoms with E-state index in [0.717, 1.165) is 0 Å². The molecule has 0 spiro atoms. The molecule has 240 valence electrons. The van der Waals surface area contributed by atoms with Crippen molar-refractivity contribution in [2.75, 3.05) is 79.6 Å². The van der Waals surface area contributed by atoms with Crippen molar-refractivity contribution in [3.8, 4) is 0 Å². The Hall–Kier alpha value is -3.47. The van der Waals surface area contributed by atoms with Crippen LogP contribution in [0.2, 0.25) is 6.55 Å². The van der Waals surface area contributed by atoms with Gasteiger partial charge in [0.2, 0.25) is 0 Å². The van der Waals surface area contributed by atoms with Gasteiger partial charge in [0.1, 0.15) is 32.7 Å². The van der Waals surface area contributed by atoms with E-state index in [-0.39, 0.29) is 76.5 Å². The van der Waals surface area contributed by atoms with Crippen LogP contribution in [-0.2, 0) is 46.9 Å². The quantitative estimate of drug-likeness (QED) is 0.0613. The molecule has 16 heteroatoms. The molecule has 42 heavy (non-hydrogen) atoms. The number of amides is 2. The molecule has 1 atom stereocenters. The van der Waals surface area contributed by atoms with E-state index in [1.807, 2.05) is 0 Å².